The Hall–Kier alpha value is -2.69. The largest absolute Gasteiger partial charge is 0.337 e. The van der Waals surface area contributed by atoms with Crippen molar-refractivity contribution in [2.75, 3.05) is 11.4 Å². The molecule has 0 aromatic heterocycles. The number of fused-ring (bicyclic) bond motifs is 3. The SMILES string of the molecule is O=C(CCCC(=O)N1C2CCC1CC(c1ccc(F)cc1)C2)N1CCc2ccccc21. The molecule has 31 heavy (non-hydrogen) atoms. The number of hydrogen-bond acceptors (Lipinski definition) is 2. The van der Waals surface area contributed by atoms with Gasteiger partial charge in [0.2, 0.25) is 11.8 Å². The normalized spacial score (nSPS) is 24.4. The summed E-state index contributed by atoms with van der Waals surface area (Å²) in [5.74, 6) is 0.515. The van der Waals surface area contributed by atoms with Crippen LogP contribution >= 0.6 is 0 Å². The number of para-hydroxylation sites is 1. The van der Waals surface area contributed by atoms with E-state index in [4.69, 9.17) is 0 Å². The first-order valence-corrected chi connectivity index (χ1v) is 11.5. The molecule has 5 heteroatoms. The molecular weight excluding hydrogens is 391 g/mol. The third-order valence-corrected chi connectivity index (χ3v) is 7.33. The zero-order chi connectivity index (χ0) is 21.4. The third kappa shape index (κ3) is 3.98. The van der Waals surface area contributed by atoms with Gasteiger partial charge in [0.25, 0.3) is 0 Å². The topological polar surface area (TPSA) is 40.6 Å². The van der Waals surface area contributed by atoms with Gasteiger partial charge in [-0.05, 0) is 73.8 Å². The fourth-order valence-electron chi connectivity index (χ4n) is 5.84. The molecular formula is C26H29FN2O2. The average Bonchev–Trinajstić information content (AvgIpc) is 3.32. The molecule has 2 unspecified atom stereocenters. The lowest BCUT2D eigenvalue weighted by Crippen LogP contribution is -2.46. The summed E-state index contributed by atoms with van der Waals surface area (Å²) in [4.78, 5) is 29.7. The van der Waals surface area contributed by atoms with Crippen molar-refractivity contribution in [2.24, 2.45) is 0 Å². The van der Waals surface area contributed by atoms with Gasteiger partial charge in [-0.25, -0.2) is 4.39 Å². The van der Waals surface area contributed by atoms with Crippen LogP contribution < -0.4 is 4.90 Å². The Bertz CT molecular complexity index is 960. The molecule has 3 aliphatic rings. The summed E-state index contributed by atoms with van der Waals surface area (Å²) in [5, 5.41) is 0. The standard InChI is InChI=1S/C26H29FN2O2/c27-21-10-8-18(9-11-21)20-16-22-12-13-23(17-20)29(22)26(31)7-3-6-25(30)28-15-14-19-4-1-2-5-24(19)28/h1-2,4-5,8-11,20,22-23H,3,6-7,12-17H2. The van der Waals surface area contributed by atoms with Crippen molar-refractivity contribution in [2.45, 2.75) is 69.4 Å². The Morgan fingerprint density at radius 2 is 1.58 bits per heavy atom. The van der Waals surface area contributed by atoms with E-state index in [0.717, 1.165) is 44.3 Å². The molecule has 3 heterocycles. The van der Waals surface area contributed by atoms with E-state index in [1.807, 2.05) is 35.2 Å². The van der Waals surface area contributed by atoms with E-state index < -0.39 is 0 Å². The molecule has 3 aliphatic heterocycles. The molecule has 0 saturated carbocycles. The maximum Gasteiger partial charge on any atom is 0.227 e. The van der Waals surface area contributed by atoms with E-state index >= 15 is 0 Å². The number of halogens is 1. The molecule has 0 aliphatic carbocycles. The van der Waals surface area contributed by atoms with Gasteiger partial charge < -0.3 is 9.80 Å². The Kier molecular flexibility index (Phi) is 5.51. The van der Waals surface area contributed by atoms with Gasteiger partial charge in [0, 0.05) is 37.2 Å². The second-order valence-corrected chi connectivity index (χ2v) is 9.18. The van der Waals surface area contributed by atoms with Gasteiger partial charge in [0.1, 0.15) is 5.82 Å². The van der Waals surface area contributed by atoms with Crippen LogP contribution in [0, 0.1) is 5.82 Å². The van der Waals surface area contributed by atoms with E-state index in [1.165, 1.54) is 23.3 Å². The molecule has 0 N–H and O–H groups in total. The Morgan fingerprint density at radius 1 is 0.903 bits per heavy atom. The van der Waals surface area contributed by atoms with Gasteiger partial charge in [-0.3, -0.25) is 9.59 Å². The van der Waals surface area contributed by atoms with Crippen molar-refractivity contribution in [3.05, 3.63) is 65.5 Å². The predicted octanol–water partition coefficient (Wildman–Crippen LogP) is 4.82. The summed E-state index contributed by atoms with van der Waals surface area (Å²) in [7, 11) is 0. The van der Waals surface area contributed by atoms with E-state index in [9.17, 15) is 14.0 Å². The number of nitrogens with zero attached hydrogens (tertiary/aromatic N) is 2. The van der Waals surface area contributed by atoms with Crippen LogP contribution in [-0.2, 0) is 16.0 Å². The Balaban J connectivity index is 1.14. The first-order chi connectivity index (χ1) is 15.1. The molecule has 162 valence electrons. The highest BCUT2D eigenvalue weighted by atomic mass is 19.1. The summed E-state index contributed by atoms with van der Waals surface area (Å²) >= 11 is 0. The minimum Gasteiger partial charge on any atom is -0.337 e. The number of carbonyl (C=O) groups is 2. The lowest BCUT2D eigenvalue weighted by Gasteiger charge is -2.39. The van der Waals surface area contributed by atoms with Crippen molar-refractivity contribution in [1.29, 1.82) is 0 Å². The van der Waals surface area contributed by atoms with Gasteiger partial charge in [-0.2, -0.15) is 0 Å². The lowest BCUT2D eigenvalue weighted by molar-refractivity contribution is -0.136. The lowest BCUT2D eigenvalue weighted by atomic mass is 9.85. The quantitative estimate of drug-likeness (QED) is 0.696. The van der Waals surface area contributed by atoms with Crippen molar-refractivity contribution in [1.82, 2.24) is 4.90 Å². The summed E-state index contributed by atoms with van der Waals surface area (Å²) in [6, 6.07) is 15.5. The highest BCUT2D eigenvalue weighted by molar-refractivity contribution is 5.95. The highest BCUT2D eigenvalue weighted by Gasteiger charge is 2.43. The monoisotopic (exact) mass is 420 g/mol. The average molecular weight is 421 g/mol. The second kappa shape index (κ2) is 8.45. The van der Waals surface area contributed by atoms with Crippen LogP contribution in [0.5, 0.6) is 0 Å². The van der Waals surface area contributed by atoms with Crippen molar-refractivity contribution >= 4 is 17.5 Å². The van der Waals surface area contributed by atoms with E-state index in [-0.39, 0.29) is 29.7 Å². The maximum atomic E-state index is 13.3. The number of rotatable bonds is 5. The zero-order valence-electron chi connectivity index (χ0n) is 17.8. The number of carbonyl (C=O) groups excluding carboxylic acids is 2. The molecule has 2 bridgehead atoms. The molecule has 2 aromatic rings. The molecule has 4 nitrogen and oxygen atoms in total. The molecule has 0 radical (unpaired) electrons. The highest BCUT2D eigenvalue weighted by Crippen LogP contribution is 2.43. The minimum absolute atomic E-state index is 0.121. The first-order valence-electron chi connectivity index (χ1n) is 11.5. The van der Waals surface area contributed by atoms with Crippen LogP contribution in [0.4, 0.5) is 10.1 Å². The Morgan fingerprint density at radius 3 is 2.32 bits per heavy atom. The van der Waals surface area contributed by atoms with Gasteiger partial charge in [-0.1, -0.05) is 30.3 Å². The number of anilines is 1. The van der Waals surface area contributed by atoms with Crippen molar-refractivity contribution in [3.8, 4) is 0 Å². The van der Waals surface area contributed by atoms with Crippen LogP contribution in [0.15, 0.2) is 48.5 Å². The molecule has 2 saturated heterocycles. The third-order valence-electron chi connectivity index (χ3n) is 7.33. The van der Waals surface area contributed by atoms with Crippen molar-refractivity contribution in [3.63, 3.8) is 0 Å². The summed E-state index contributed by atoms with van der Waals surface area (Å²) in [6.07, 6.45) is 6.39. The number of amides is 2. The maximum absolute atomic E-state index is 13.3. The fourth-order valence-corrected chi connectivity index (χ4v) is 5.84. The molecule has 5 rings (SSSR count). The van der Waals surface area contributed by atoms with Gasteiger partial charge in [0.05, 0.1) is 0 Å². The number of benzene rings is 2. The number of hydrogen-bond donors (Lipinski definition) is 0. The van der Waals surface area contributed by atoms with E-state index in [2.05, 4.69) is 11.0 Å². The van der Waals surface area contributed by atoms with Gasteiger partial charge in [0.15, 0.2) is 0 Å². The van der Waals surface area contributed by atoms with Crippen LogP contribution in [0.2, 0.25) is 0 Å². The van der Waals surface area contributed by atoms with Crippen LogP contribution in [0.3, 0.4) is 0 Å². The Labute approximate surface area is 183 Å². The number of piperidine rings is 1. The van der Waals surface area contributed by atoms with E-state index in [1.54, 1.807) is 0 Å². The fraction of sp³-hybridized carbons (Fsp3) is 0.462. The molecule has 2 fully saturated rings. The van der Waals surface area contributed by atoms with Gasteiger partial charge >= 0.3 is 0 Å². The zero-order valence-corrected chi connectivity index (χ0v) is 17.8. The van der Waals surface area contributed by atoms with Crippen LogP contribution in [0.1, 0.15) is 62.0 Å². The minimum atomic E-state index is -0.202. The summed E-state index contributed by atoms with van der Waals surface area (Å²) < 4.78 is 13.3. The molecule has 2 amide bonds. The first kappa shape index (κ1) is 20.2. The smallest absolute Gasteiger partial charge is 0.227 e. The van der Waals surface area contributed by atoms with E-state index in [0.29, 0.717) is 25.2 Å². The van der Waals surface area contributed by atoms with Crippen molar-refractivity contribution < 1.29 is 14.0 Å². The second-order valence-electron chi connectivity index (χ2n) is 9.18. The molecule has 2 atom stereocenters. The van der Waals surface area contributed by atoms with Crippen LogP contribution in [-0.4, -0.2) is 35.3 Å². The van der Waals surface area contributed by atoms with Crippen LogP contribution in [0.25, 0.3) is 0 Å². The van der Waals surface area contributed by atoms with Gasteiger partial charge in [-0.15, -0.1) is 0 Å². The summed E-state index contributed by atoms with van der Waals surface area (Å²) in [5.41, 5.74) is 3.44. The predicted molar refractivity (Wildman–Crippen MR) is 118 cm³/mol. The molecule has 0 spiro atoms. The molecule has 2 aromatic carbocycles. The summed E-state index contributed by atoms with van der Waals surface area (Å²) in [6.45, 7) is 0.743.